The van der Waals surface area contributed by atoms with Crippen molar-refractivity contribution in [3.05, 3.63) is 36.7 Å². The average Bonchev–Trinajstić information content (AvgIpc) is 3.16. The maximum absolute atomic E-state index is 12.2. The van der Waals surface area contributed by atoms with Gasteiger partial charge in [-0.25, -0.2) is 12.7 Å². The third-order valence-electron chi connectivity index (χ3n) is 3.26. The number of rotatable bonds is 6. The lowest BCUT2D eigenvalue weighted by atomic mass is 10.3. The molecule has 9 nitrogen and oxygen atoms in total. The second kappa shape index (κ2) is 5.97. The maximum atomic E-state index is 12.2. The van der Waals surface area contributed by atoms with E-state index in [1.165, 1.54) is 31.1 Å². The zero-order chi connectivity index (χ0) is 16.4. The van der Waals surface area contributed by atoms with Gasteiger partial charge in [-0.05, 0) is 29.5 Å². The monoisotopic (exact) mass is 336 g/mol. The van der Waals surface area contributed by atoms with Crippen molar-refractivity contribution >= 4 is 21.1 Å². The normalized spacial score (nSPS) is 12.1. The molecule has 0 unspecified atom stereocenters. The van der Waals surface area contributed by atoms with Gasteiger partial charge >= 0.3 is 0 Å². The average molecular weight is 336 g/mol. The second-order valence-electron chi connectivity index (χ2n) is 5.00. The third-order valence-corrected chi connectivity index (χ3v) is 5.07. The fraction of sp³-hybridized carbons (Fsp3) is 0.308. The summed E-state index contributed by atoms with van der Waals surface area (Å²) in [5.41, 5.74) is 1.05. The van der Waals surface area contributed by atoms with Crippen molar-refractivity contribution in [3.8, 4) is 0 Å². The van der Waals surface area contributed by atoms with E-state index in [0.29, 0.717) is 24.2 Å². The van der Waals surface area contributed by atoms with Crippen LogP contribution in [-0.4, -0.2) is 58.4 Å². The standard InChI is InChI=1S/C13H16N6O3S/c1-17(2)23(20,21)11-4-5-12-13(10-11)19(16-15-12)22-9-8-18-7-3-6-14-18/h3-7,10H,8-9H2,1-2H3. The summed E-state index contributed by atoms with van der Waals surface area (Å²) in [6, 6.07) is 6.42. The molecule has 23 heavy (non-hydrogen) atoms. The van der Waals surface area contributed by atoms with Crippen LogP contribution >= 0.6 is 0 Å². The largest absolute Gasteiger partial charge is 0.393 e. The highest BCUT2D eigenvalue weighted by atomic mass is 32.2. The molecule has 3 rings (SSSR count). The quantitative estimate of drug-likeness (QED) is 0.629. The molecule has 0 fully saturated rings. The first-order valence-electron chi connectivity index (χ1n) is 6.87. The fourth-order valence-corrected chi connectivity index (χ4v) is 2.92. The predicted octanol–water partition coefficient (Wildman–Crippen LogP) is 0.00690. The summed E-state index contributed by atoms with van der Waals surface area (Å²) >= 11 is 0. The molecule has 3 aromatic rings. The van der Waals surface area contributed by atoms with Crippen LogP contribution in [0.25, 0.3) is 11.0 Å². The van der Waals surface area contributed by atoms with Crippen LogP contribution in [0.2, 0.25) is 0 Å². The Morgan fingerprint density at radius 1 is 1.30 bits per heavy atom. The van der Waals surface area contributed by atoms with E-state index in [1.807, 2.05) is 12.3 Å². The summed E-state index contributed by atoms with van der Waals surface area (Å²) in [5, 5.41) is 11.9. The molecule has 2 aromatic heterocycles. The minimum Gasteiger partial charge on any atom is -0.393 e. The molecule has 2 heterocycles. The van der Waals surface area contributed by atoms with Gasteiger partial charge in [0.1, 0.15) is 17.6 Å². The summed E-state index contributed by atoms with van der Waals surface area (Å²) in [7, 11) is -0.561. The maximum Gasteiger partial charge on any atom is 0.242 e. The molecule has 0 amide bonds. The van der Waals surface area contributed by atoms with Crippen LogP contribution in [0.4, 0.5) is 0 Å². The van der Waals surface area contributed by atoms with Gasteiger partial charge in [-0.1, -0.05) is 4.85 Å². The zero-order valence-electron chi connectivity index (χ0n) is 12.7. The first-order chi connectivity index (χ1) is 11.0. The van der Waals surface area contributed by atoms with E-state index in [0.717, 1.165) is 4.31 Å². The Morgan fingerprint density at radius 3 is 2.83 bits per heavy atom. The van der Waals surface area contributed by atoms with Crippen LogP contribution in [-0.2, 0) is 16.6 Å². The molecule has 0 saturated carbocycles. The predicted molar refractivity (Wildman–Crippen MR) is 82.1 cm³/mol. The Bertz CT molecular complexity index is 901. The molecular weight excluding hydrogens is 320 g/mol. The molecule has 0 aliphatic carbocycles. The van der Waals surface area contributed by atoms with E-state index in [1.54, 1.807) is 16.9 Å². The van der Waals surface area contributed by atoms with Crippen LogP contribution in [0, 0.1) is 0 Å². The highest BCUT2D eigenvalue weighted by Gasteiger charge is 2.19. The lowest BCUT2D eigenvalue weighted by Gasteiger charge is -2.11. The Labute approximate surface area is 133 Å². The Balaban J connectivity index is 1.84. The molecule has 0 aliphatic rings. The van der Waals surface area contributed by atoms with Crippen LogP contribution < -0.4 is 4.84 Å². The van der Waals surface area contributed by atoms with E-state index >= 15 is 0 Å². The molecule has 0 radical (unpaired) electrons. The summed E-state index contributed by atoms with van der Waals surface area (Å²) in [4.78, 5) is 6.93. The Morgan fingerprint density at radius 2 is 2.13 bits per heavy atom. The lowest BCUT2D eigenvalue weighted by molar-refractivity contribution is 0.0797. The van der Waals surface area contributed by atoms with Crippen molar-refractivity contribution in [1.29, 1.82) is 0 Å². The van der Waals surface area contributed by atoms with Gasteiger partial charge in [0.05, 0.1) is 11.4 Å². The lowest BCUT2D eigenvalue weighted by Crippen LogP contribution is -2.22. The first-order valence-corrected chi connectivity index (χ1v) is 8.31. The van der Waals surface area contributed by atoms with E-state index in [-0.39, 0.29) is 4.90 Å². The minimum atomic E-state index is -3.52. The molecule has 0 saturated heterocycles. The smallest absolute Gasteiger partial charge is 0.242 e. The molecule has 122 valence electrons. The molecule has 0 atom stereocenters. The van der Waals surface area contributed by atoms with Gasteiger partial charge in [0, 0.05) is 26.5 Å². The van der Waals surface area contributed by atoms with E-state index in [4.69, 9.17) is 4.84 Å². The SMILES string of the molecule is CN(C)S(=O)(=O)c1ccc2nnn(OCCn3cccn3)c2c1. The number of hydrogen-bond acceptors (Lipinski definition) is 6. The van der Waals surface area contributed by atoms with Crippen molar-refractivity contribution in [2.24, 2.45) is 0 Å². The van der Waals surface area contributed by atoms with Crippen molar-refractivity contribution < 1.29 is 13.3 Å². The van der Waals surface area contributed by atoms with Crippen LogP contribution in [0.5, 0.6) is 0 Å². The van der Waals surface area contributed by atoms with Gasteiger partial charge < -0.3 is 4.84 Å². The molecule has 10 heteroatoms. The van der Waals surface area contributed by atoms with Gasteiger partial charge in [0.2, 0.25) is 10.0 Å². The van der Waals surface area contributed by atoms with Crippen molar-refractivity contribution in [2.45, 2.75) is 11.4 Å². The van der Waals surface area contributed by atoms with Gasteiger partial charge in [-0.2, -0.15) is 5.10 Å². The summed E-state index contributed by atoms with van der Waals surface area (Å²) in [6.45, 7) is 0.870. The summed E-state index contributed by atoms with van der Waals surface area (Å²) < 4.78 is 27.3. The van der Waals surface area contributed by atoms with Gasteiger partial charge in [-0.3, -0.25) is 4.68 Å². The molecule has 0 N–H and O–H groups in total. The van der Waals surface area contributed by atoms with Crippen molar-refractivity contribution in [1.82, 2.24) is 29.2 Å². The highest BCUT2D eigenvalue weighted by Crippen LogP contribution is 2.18. The topological polar surface area (TPSA) is 95.1 Å². The van der Waals surface area contributed by atoms with Crippen molar-refractivity contribution in [2.75, 3.05) is 20.7 Å². The molecule has 0 aliphatic heterocycles. The molecule has 0 bridgehead atoms. The first kappa shape index (κ1) is 15.4. The van der Waals surface area contributed by atoms with E-state index in [9.17, 15) is 8.42 Å². The van der Waals surface area contributed by atoms with E-state index in [2.05, 4.69) is 15.4 Å². The Kier molecular flexibility index (Phi) is 4.01. The summed E-state index contributed by atoms with van der Waals surface area (Å²) in [6.07, 6.45) is 3.51. The van der Waals surface area contributed by atoms with Gasteiger partial charge in [0.15, 0.2) is 0 Å². The fourth-order valence-electron chi connectivity index (χ4n) is 2.00. The number of fused-ring (bicyclic) bond motifs is 1. The highest BCUT2D eigenvalue weighted by molar-refractivity contribution is 7.89. The van der Waals surface area contributed by atoms with Gasteiger partial charge in [-0.15, -0.1) is 5.10 Å². The van der Waals surface area contributed by atoms with Crippen LogP contribution in [0.3, 0.4) is 0 Å². The Hall–Kier alpha value is -2.46. The number of hydrogen-bond donors (Lipinski definition) is 0. The van der Waals surface area contributed by atoms with Crippen LogP contribution in [0.15, 0.2) is 41.6 Å². The zero-order valence-corrected chi connectivity index (χ0v) is 13.5. The minimum absolute atomic E-state index is 0.161. The third kappa shape index (κ3) is 3.03. The summed E-state index contributed by atoms with van der Waals surface area (Å²) in [5.74, 6) is 0. The molecule has 1 aromatic carbocycles. The molecule has 0 spiro atoms. The van der Waals surface area contributed by atoms with E-state index < -0.39 is 10.0 Å². The van der Waals surface area contributed by atoms with Crippen LogP contribution in [0.1, 0.15) is 0 Å². The van der Waals surface area contributed by atoms with Crippen molar-refractivity contribution in [3.63, 3.8) is 0 Å². The second-order valence-corrected chi connectivity index (χ2v) is 7.15. The molecular formula is C13H16N6O3S. The number of nitrogens with zero attached hydrogens (tertiary/aromatic N) is 6. The number of aromatic nitrogens is 5. The number of benzene rings is 1. The van der Waals surface area contributed by atoms with Gasteiger partial charge in [0.25, 0.3) is 0 Å². The number of sulfonamides is 1.